The fraction of sp³-hybridized carbons (Fsp3) is 0.611. The van der Waals surface area contributed by atoms with E-state index in [1.807, 2.05) is 0 Å². The van der Waals surface area contributed by atoms with Crippen molar-refractivity contribution in [2.45, 2.75) is 61.4 Å². The Bertz CT molecular complexity index is 1710. The highest BCUT2D eigenvalue weighted by molar-refractivity contribution is 5.96. The van der Waals surface area contributed by atoms with Crippen LogP contribution < -0.4 is 28.4 Å². The van der Waals surface area contributed by atoms with Crippen molar-refractivity contribution in [3.05, 3.63) is 29.3 Å². The fourth-order valence-electron chi connectivity index (χ4n) is 5.63. The molecule has 2 aliphatic heterocycles. The second kappa shape index (κ2) is 23.7. The molecule has 0 spiro atoms. The van der Waals surface area contributed by atoms with Crippen LogP contribution in [0.4, 0.5) is 0 Å². The zero-order chi connectivity index (χ0) is 44.8. The normalized spacial score (nSPS) is 26.2. The molecule has 2 aliphatic rings. The summed E-state index contributed by atoms with van der Waals surface area (Å²) in [6.07, 6.45) is -18.2. The Balaban J connectivity index is 1.95. The summed E-state index contributed by atoms with van der Waals surface area (Å²) in [5, 5.41) is 81.7. The minimum atomic E-state index is -2.04. The SMILES string of the molecule is COCOc1cc(C(=O)O[C@@H]2O[C@H](CO)[C@@H](O)[C@H](O)[C@H]2O)cc(Oc2c(C(=O)O[C@@H]3O[C@H](CO)[C@@H](O)[C@H](O)[C@H]3O)cc(OCOC)c(OCOC)c2OCOC)c1OCOC. The lowest BCUT2D eigenvalue weighted by Gasteiger charge is -2.39. The molecule has 2 saturated heterocycles. The van der Waals surface area contributed by atoms with Crippen molar-refractivity contribution in [3.63, 3.8) is 0 Å². The van der Waals surface area contributed by atoms with Gasteiger partial charge in [0.2, 0.25) is 29.8 Å². The first kappa shape index (κ1) is 49.2. The predicted molar refractivity (Wildman–Crippen MR) is 194 cm³/mol. The van der Waals surface area contributed by atoms with Crippen molar-refractivity contribution >= 4 is 11.9 Å². The van der Waals surface area contributed by atoms with Crippen molar-refractivity contribution < 1.29 is 121 Å². The van der Waals surface area contributed by atoms with E-state index in [9.17, 15) is 50.4 Å². The van der Waals surface area contributed by atoms with Crippen molar-refractivity contribution in [1.29, 1.82) is 0 Å². The molecule has 4 rings (SSSR count). The van der Waals surface area contributed by atoms with Crippen LogP contribution in [0, 0.1) is 0 Å². The number of aliphatic hydroxyl groups excluding tert-OH is 8. The third kappa shape index (κ3) is 11.9. The first-order valence-electron chi connectivity index (χ1n) is 18.0. The summed E-state index contributed by atoms with van der Waals surface area (Å²) in [4.78, 5) is 28.0. The third-order valence-electron chi connectivity index (χ3n) is 8.62. The smallest absolute Gasteiger partial charge is 0.344 e. The van der Waals surface area contributed by atoms with Crippen LogP contribution in [0.3, 0.4) is 0 Å². The van der Waals surface area contributed by atoms with E-state index >= 15 is 0 Å². The molecule has 25 heteroatoms. The third-order valence-corrected chi connectivity index (χ3v) is 8.62. The lowest BCUT2D eigenvalue weighted by atomic mass is 9.99. The zero-order valence-electron chi connectivity index (χ0n) is 33.5. The Morgan fingerprint density at radius 3 is 1.38 bits per heavy atom. The number of carbonyl (C=O) groups is 2. The van der Waals surface area contributed by atoms with Gasteiger partial charge in [0.05, 0.1) is 18.8 Å². The molecule has 0 aliphatic carbocycles. The standard InChI is InChI=1S/C36H50O25/c1-47-11-52-18-6-16(33(45)60-35-27(43)25(41)23(39)21(9-37)58-35)7-20(30(18)54-13-49-3)57-29-17(34(46)61-36-28(44)26(42)24(40)22(10-38)59-36)8-19(53-12-48-2)31(55-14-50-4)32(29)56-15-51-5/h6-8,21-28,35-44H,9-15H2,1-5H3/t21-,22-,23-,24-,25+,26+,27-,28-,35+,36+/m1/s1. The van der Waals surface area contributed by atoms with E-state index in [2.05, 4.69) is 0 Å². The molecule has 0 unspecified atom stereocenters. The number of methoxy groups -OCH3 is 5. The molecule has 2 heterocycles. The second-order valence-corrected chi connectivity index (χ2v) is 12.8. The van der Waals surface area contributed by atoms with Crippen LogP contribution in [0.25, 0.3) is 0 Å². The van der Waals surface area contributed by atoms with Crippen LogP contribution >= 0.6 is 0 Å². The van der Waals surface area contributed by atoms with Gasteiger partial charge in [-0.2, -0.15) is 0 Å². The minimum absolute atomic E-state index is 0.255. The molecule has 0 saturated carbocycles. The first-order chi connectivity index (χ1) is 29.3. The topological polar surface area (TPSA) is 334 Å². The highest BCUT2D eigenvalue weighted by Gasteiger charge is 2.47. The molecule has 0 aromatic heterocycles. The van der Waals surface area contributed by atoms with Gasteiger partial charge in [-0.05, 0) is 12.1 Å². The van der Waals surface area contributed by atoms with Crippen LogP contribution in [-0.4, -0.2) is 197 Å². The first-order valence-corrected chi connectivity index (χ1v) is 18.0. The number of aliphatic hydroxyl groups is 8. The van der Waals surface area contributed by atoms with Gasteiger partial charge < -0.3 is 112 Å². The molecule has 0 bridgehead atoms. The molecule has 0 radical (unpaired) electrons. The van der Waals surface area contributed by atoms with E-state index in [1.54, 1.807) is 0 Å². The molecule has 2 aromatic rings. The van der Waals surface area contributed by atoms with E-state index in [1.165, 1.54) is 35.5 Å². The highest BCUT2D eigenvalue weighted by atomic mass is 16.7. The highest BCUT2D eigenvalue weighted by Crippen LogP contribution is 2.51. The van der Waals surface area contributed by atoms with E-state index in [-0.39, 0.29) is 23.0 Å². The fourth-order valence-corrected chi connectivity index (χ4v) is 5.63. The monoisotopic (exact) mass is 882 g/mol. The average molecular weight is 883 g/mol. The molecular formula is C36H50O25. The Labute approximate surface area is 347 Å². The summed E-state index contributed by atoms with van der Waals surface area (Å²) in [6.45, 7) is -4.02. The van der Waals surface area contributed by atoms with Crippen molar-refractivity contribution in [2.24, 2.45) is 0 Å². The molecule has 344 valence electrons. The lowest BCUT2D eigenvalue weighted by molar-refractivity contribution is -0.285. The summed E-state index contributed by atoms with van der Waals surface area (Å²) < 4.78 is 82.0. The Kier molecular flexibility index (Phi) is 19.1. The van der Waals surface area contributed by atoms with Crippen molar-refractivity contribution in [3.8, 4) is 40.2 Å². The van der Waals surface area contributed by atoms with E-state index in [0.717, 1.165) is 18.2 Å². The Hall–Kier alpha value is -4.42. The van der Waals surface area contributed by atoms with E-state index < -0.39 is 149 Å². The van der Waals surface area contributed by atoms with E-state index in [0.29, 0.717) is 0 Å². The number of ether oxygens (including phenoxy) is 15. The number of rotatable bonds is 23. The lowest BCUT2D eigenvalue weighted by Crippen LogP contribution is -2.59. The van der Waals surface area contributed by atoms with Gasteiger partial charge in [-0.15, -0.1) is 0 Å². The van der Waals surface area contributed by atoms with Crippen LogP contribution in [-0.2, 0) is 42.6 Å². The van der Waals surface area contributed by atoms with Crippen LogP contribution in [0.5, 0.6) is 40.2 Å². The number of esters is 2. The summed E-state index contributed by atoms with van der Waals surface area (Å²) in [7, 11) is 6.42. The molecular weight excluding hydrogens is 832 g/mol. The number of hydrogen-bond donors (Lipinski definition) is 8. The molecule has 61 heavy (non-hydrogen) atoms. The van der Waals surface area contributed by atoms with E-state index in [4.69, 9.17) is 71.1 Å². The maximum atomic E-state index is 14.2. The maximum absolute atomic E-state index is 14.2. The van der Waals surface area contributed by atoms with Crippen LogP contribution in [0.2, 0.25) is 0 Å². The summed E-state index contributed by atoms with van der Waals surface area (Å²) >= 11 is 0. The van der Waals surface area contributed by atoms with Crippen molar-refractivity contribution in [1.82, 2.24) is 0 Å². The van der Waals surface area contributed by atoms with Crippen molar-refractivity contribution in [2.75, 3.05) is 82.7 Å². The maximum Gasteiger partial charge on any atom is 0.344 e. The molecule has 25 nitrogen and oxygen atoms in total. The second-order valence-electron chi connectivity index (χ2n) is 12.8. The minimum Gasteiger partial charge on any atom is -0.463 e. The van der Waals surface area contributed by atoms with Gasteiger partial charge in [0.1, 0.15) is 54.4 Å². The predicted octanol–water partition coefficient (Wildman–Crippen LogP) is -2.69. The summed E-state index contributed by atoms with van der Waals surface area (Å²) in [6, 6.07) is 3.13. The van der Waals surface area contributed by atoms with Crippen LogP contribution in [0.15, 0.2) is 18.2 Å². The van der Waals surface area contributed by atoms with Gasteiger partial charge in [-0.25, -0.2) is 9.59 Å². The number of hydrogen-bond acceptors (Lipinski definition) is 25. The average Bonchev–Trinajstić information content (AvgIpc) is 3.26. The molecule has 2 fully saturated rings. The van der Waals surface area contributed by atoms with Gasteiger partial charge >= 0.3 is 11.9 Å². The molecule has 10 atom stereocenters. The summed E-state index contributed by atoms with van der Waals surface area (Å²) in [5.74, 6) is -5.32. The molecule has 2 aromatic carbocycles. The molecule has 8 N–H and O–H groups in total. The number of carbonyl (C=O) groups excluding carboxylic acids is 2. The quantitative estimate of drug-likeness (QED) is 0.0416. The summed E-state index contributed by atoms with van der Waals surface area (Å²) in [5.41, 5.74) is -1.03. The zero-order valence-corrected chi connectivity index (χ0v) is 33.5. The van der Waals surface area contributed by atoms with Gasteiger partial charge in [0, 0.05) is 41.6 Å². The van der Waals surface area contributed by atoms with Gasteiger partial charge in [0.25, 0.3) is 0 Å². The van der Waals surface area contributed by atoms with Gasteiger partial charge in [-0.1, -0.05) is 0 Å². The van der Waals surface area contributed by atoms with Crippen LogP contribution in [0.1, 0.15) is 20.7 Å². The largest absolute Gasteiger partial charge is 0.463 e. The Morgan fingerprint density at radius 2 is 0.902 bits per heavy atom. The van der Waals surface area contributed by atoms with Gasteiger partial charge in [-0.3, -0.25) is 0 Å². The van der Waals surface area contributed by atoms with Gasteiger partial charge in [0.15, 0.2) is 57.0 Å². The molecule has 0 amide bonds. The number of benzene rings is 2. The Morgan fingerprint density at radius 1 is 0.492 bits per heavy atom.